The summed E-state index contributed by atoms with van der Waals surface area (Å²) in [5, 5.41) is 0. The molecule has 2 amide bonds. The Labute approximate surface area is 164 Å². The molecule has 8 heteroatoms. The van der Waals surface area contributed by atoms with Crippen LogP contribution in [-0.4, -0.2) is 70.9 Å². The lowest BCUT2D eigenvalue weighted by molar-refractivity contribution is -0.145. The number of aromatic nitrogens is 2. The summed E-state index contributed by atoms with van der Waals surface area (Å²) in [5.41, 5.74) is 0.846. The quantitative estimate of drug-likeness (QED) is 0.781. The Hall–Kier alpha value is -2.90. The van der Waals surface area contributed by atoms with Crippen LogP contribution in [0.2, 0.25) is 0 Å². The van der Waals surface area contributed by atoms with E-state index in [1.54, 1.807) is 37.3 Å². The monoisotopic (exact) mass is 387 g/mol. The lowest BCUT2D eigenvalue weighted by Gasteiger charge is -2.42. The van der Waals surface area contributed by atoms with Crippen LogP contribution in [0.4, 0.5) is 10.1 Å². The Morgan fingerprint density at radius 1 is 1.21 bits per heavy atom. The van der Waals surface area contributed by atoms with Crippen LogP contribution < -0.4 is 4.90 Å². The molecule has 28 heavy (non-hydrogen) atoms. The highest BCUT2D eigenvalue weighted by Gasteiger charge is 2.36. The number of piperazine rings is 1. The molecule has 1 saturated heterocycles. The van der Waals surface area contributed by atoms with E-state index in [2.05, 4.69) is 4.98 Å². The Balaban J connectivity index is 1.72. The molecule has 1 unspecified atom stereocenters. The van der Waals surface area contributed by atoms with Crippen molar-refractivity contribution < 1.29 is 14.0 Å². The second kappa shape index (κ2) is 8.41. The highest BCUT2D eigenvalue weighted by Crippen LogP contribution is 2.21. The van der Waals surface area contributed by atoms with E-state index in [0.717, 1.165) is 11.5 Å². The third-order valence-corrected chi connectivity index (χ3v) is 5.11. The fourth-order valence-electron chi connectivity index (χ4n) is 3.48. The van der Waals surface area contributed by atoms with Crippen molar-refractivity contribution >= 4 is 17.5 Å². The predicted octanol–water partition coefficient (Wildman–Crippen LogP) is 1.53. The fraction of sp³-hybridized carbons (Fsp3) is 0.450. The second-order valence-electron chi connectivity index (χ2n) is 7.18. The van der Waals surface area contributed by atoms with Crippen LogP contribution in [0, 0.1) is 12.7 Å². The molecule has 1 aromatic heterocycles. The molecular formula is C20H26FN5O2. The number of aryl methyl sites for hydroxylation is 2. The fourth-order valence-corrected chi connectivity index (χ4v) is 3.48. The molecule has 7 nitrogen and oxygen atoms in total. The summed E-state index contributed by atoms with van der Waals surface area (Å²) in [6.45, 7) is 3.86. The smallest absolute Gasteiger partial charge is 0.246 e. The maximum Gasteiger partial charge on any atom is 0.246 e. The third-order valence-electron chi connectivity index (χ3n) is 5.11. The van der Waals surface area contributed by atoms with Gasteiger partial charge in [-0.25, -0.2) is 9.37 Å². The minimum atomic E-state index is -0.565. The van der Waals surface area contributed by atoms with Crippen molar-refractivity contribution in [2.45, 2.75) is 25.9 Å². The van der Waals surface area contributed by atoms with Crippen LogP contribution in [0.5, 0.6) is 0 Å². The standard InChI is InChI=1S/C20H26FN5O2/c1-15-22-9-11-24(15)10-8-19(27)26-13-12-25(14-18(26)20(28)23(2)3)17-6-4-16(21)5-7-17/h4-7,9,11,18H,8,10,12-14H2,1-3H3. The van der Waals surface area contributed by atoms with Crippen LogP contribution in [0.3, 0.4) is 0 Å². The van der Waals surface area contributed by atoms with Crippen LogP contribution in [-0.2, 0) is 16.1 Å². The van der Waals surface area contributed by atoms with Gasteiger partial charge in [-0.05, 0) is 31.2 Å². The highest BCUT2D eigenvalue weighted by atomic mass is 19.1. The summed E-state index contributed by atoms with van der Waals surface area (Å²) in [5.74, 6) is 0.397. The molecule has 1 aromatic carbocycles. The largest absolute Gasteiger partial charge is 0.367 e. The normalized spacial score (nSPS) is 16.9. The molecule has 0 spiro atoms. The van der Waals surface area contributed by atoms with Gasteiger partial charge in [-0.15, -0.1) is 0 Å². The molecule has 0 bridgehead atoms. The minimum Gasteiger partial charge on any atom is -0.367 e. The van der Waals surface area contributed by atoms with Gasteiger partial charge in [-0.2, -0.15) is 0 Å². The van der Waals surface area contributed by atoms with E-state index in [0.29, 0.717) is 32.6 Å². The first kappa shape index (κ1) is 19.9. The van der Waals surface area contributed by atoms with Crippen molar-refractivity contribution in [1.82, 2.24) is 19.4 Å². The van der Waals surface area contributed by atoms with Gasteiger partial charge >= 0.3 is 0 Å². The Kier molecular flexibility index (Phi) is 5.96. The van der Waals surface area contributed by atoms with Gasteiger partial charge in [0.25, 0.3) is 0 Å². The lowest BCUT2D eigenvalue weighted by atomic mass is 10.1. The molecule has 0 aliphatic carbocycles. The van der Waals surface area contributed by atoms with Gasteiger partial charge in [0.2, 0.25) is 11.8 Å². The van der Waals surface area contributed by atoms with Crippen molar-refractivity contribution in [3.8, 4) is 0 Å². The first-order valence-corrected chi connectivity index (χ1v) is 9.35. The number of likely N-dealkylation sites (N-methyl/N-ethyl adjacent to an activating group) is 1. The molecule has 2 heterocycles. The van der Waals surface area contributed by atoms with E-state index < -0.39 is 6.04 Å². The van der Waals surface area contributed by atoms with Crippen molar-refractivity contribution in [2.75, 3.05) is 38.6 Å². The zero-order chi connectivity index (χ0) is 20.3. The molecule has 2 aromatic rings. The first-order chi connectivity index (χ1) is 13.4. The number of halogens is 1. The third kappa shape index (κ3) is 4.32. The number of amides is 2. The van der Waals surface area contributed by atoms with Crippen LogP contribution >= 0.6 is 0 Å². The molecule has 1 aliphatic heterocycles. The summed E-state index contributed by atoms with van der Waals surface area (Å²) in [4.78, 5) is 35.0. The average molecular weight is 387 g/mol. The van der Waals surface area contributed by atoms with E-state index in [-0.39, 0.29) is 17.6 Å². The highest BCUT2D eigenvalue weighted by molar-refractivity contribution is 5.88. The zero-order valence-corrected chi connectivity index (χ0v) is 16.5. The van der Waals surface area contributed by atoms with Crippen LogP contribution in [0.15, 0.2) is 36.7 Å². The van der Waals surface area contributed by atoms with Gasteiger partial charge in [0.1, 0.15) is 17.7 Å². The van der Waals surface area contributed by atoms with E-state index in [1.807, 2.05) is 22.6 Å². The summed E-state index contributed by atoms with van der Waals surface area (Å²) >= 11 is 0. The second-order valence-corrected chi connectivity index (χ2v) is 7.18. The molecule has 1 atom stereocenters. The van der Waals surface area contributed by atoms with Gasteiger partial charge < -0.3 is 19.3 Å². The minimum absolute atomic E-state index is 0.0490. The summed E-state index contributed by atoms with van der Waals surface area (Å²) in [7, 11) is 3.38. The predicted molar refractivity (Wildman–Crippen MR) is 104 cm³/mol. The summed E-state index contributed by atoms with van der Waals surface area (Å²) in [6.07, 6.45) is 3.86. The van der Waals surface area contributed by atoms with Crippen molar-refractivity contribution in [2.24, 2.45) is 0 Å². The Morgan fingerprint density at radius 3 is 2.54 bits per heavy atom. The Morgan fingerprint density at radius 2 is 1.93 bits per heavy atom. The number of carbonyl (C=O) groups is 2. The number of nitrogens with zero attached hydrogens (tertiary/aromatic N) is 5. The molecule has 0 radical (unpaired) electrons. The molecule has 1 fully saturated rings. The van der Waals surface area contributed by atoms with Gasteiger partial charge in [0.15, 0.2) is 0 Å². The lowest BCUT2D eigenvalue weighted by Crippen LogP contribution is -2.60. The van der Waals surface area contributed by atoms with Crippen molar-refractivity contribution in [3.63, 3.8) is 0 Å². The first-order valence-electron chi connectivity index (χ1n) is 9.35. The molecule has 0 N–H and O–H groups in total. The van der Waals surface area contributed by atoms with E-state index >= 15 is 0 Å². The van der Waals surface area contributed by atoms with Crippen molar-refractivity contribution in [3.05, 3.63) is 48.3 Å². The molecule has 150 valence electrons. The maximum absolute atomic E-state index is 13.2. The number of hydrogen-bond acceptors (Lipinski definition) is 4. The summed E-state index contributed by atoms with van der Waals surface area (Å²) < 4.78 is 15.1. The Bertz CT molecular complexity index is 833. The maximum atomic E-state index is 13.2. The van der Waals surface area contributed by atoms with E-state index in [4.69, 9.17) is 0 Å². The number of carbonyl (C=O) groups excluding carboxylic acids is 2. The van der Waals surface area contributed by atoms with Gasteiger partial charge in [-0.3, -0.25) is 9.59 Å². The van der Waals surface area contributed by atoms with Gasteiger partial charge in [-0.1, -0.05) is 0 Å². The molecule has 3 rings (SSSR count). The molecule has 1 aliphatic rings. The summed E-state index contributed by atoms with van der Waals surface area (Å²) in [6, 6.07) is 5.65. The number of benzene rings is 1. The zero-order valence-electron chi connectivity index (χ0n) is 16.5. The van der Waals surface area contributed by atoms with E-state index in [9.17, 15) is 14.0 Å². The van der Waals surface area contributed by atoms with Crippen LogP contribution in [0.1, 0.15) is 12.2 Å². The topological polar surface area (TPSA) is 61.7 Å². The number of imidazole rings is 1. The molecule has 0 saturated carbocycles. The van der Waals surface area contributed by atoms with Gasteiger partial charge in [0.05, 0.1) is 0 Å². The SMILES string of the molecule is Cc1nccn1CCC(=O)N1CCN(c2ccc(F)cc2)CC1C(=O)N(C)C. The number of hydrogen-bond donors (Lipinski definition) is 0. The van der Waals surface area contributed by atoms with E-state index in [1.165, 1.54) is 17.0 Å². The number of anilines is 1. The average Bonchev–Trinajstić information content (AvgIpc) is 3.10. The van der Waals surface area contributed by atoms with Crippen molar-refractivity contribution in [1.29, 1.82) is 0 Å². The van der Waals surface area contributed by atoms with Gasteiger partial charge in [0, 0.05) is 64.8 Å². The van der Waals surface area contributed by atoms with Crippen LogP contribution in [0.25, 0.3) is 0 Å². The number of rotatable bonds is 5. The molecular weight excluding hydrogens is 361 g/mol.